The minimum absolute atomic E-state index is 0.0758. The summed E-state index contributed by atoms with van der Waals surface area (Å²) in [6, 6.07) is 0. The predicted molar refractivity (Wildman–Crippen MR) is 43.7 cm³/mol. The topological polar surface area (TPSA) is 24.4 Å². The Morgan fingerprint density at radius 2 is 2.56 bits per heavy atom. The molecule has 50 valence electrons. The lowest BCUT2D eigenvalue weighted by atomic mass is 10.6. The van der Waals surface area contributed by atoms with Crippen molar-refractivity contribution in [2.75, 3.05) is 13.6 Å². The van der Waals surface area contributed by atoms with Gasteiger partial charge in [0.05, 0.1) is 0 Å². The van der Waals surface area contributed by atoms with E-state index >= 15 is 0 Å². The van der Waals surface area contributed by atoms with Gasteiger partial charge in [-0.3, -0.25) is 4.99 Å². The van der Waals surface area contributed by atoms with Crippen molar-refractivity contribution in [1.29, 1.82) is 0 Å². The Morgan fingerprint density at radius 3 is 3.00 bits per heavy atom. The number of hydrogen-bond donors (Lipinski definition) is 1. The molecule has 1 N–H and O–H groups in total. The van der Waals surface area contributed by atoms with E-state index in [2.05, 4.69) is 22.9 Å². The molecular weight excluding hydrogens is 128 g/mol. The smallest absolute Gasteiger partial charge is 0.100 e. The average molecular weight is 140 g/mol. The number of allylic oxidation sites excluding steroid dienone is 1. The lowest BCUT2D eigenvalue weighted by Crippen LogP contribution is -2.21. The average Bonchev–Trinajstić information content (AvgIpc) is 2.17. The molecule has 1 rings (SSSR count). The molecule has 0 aliphatic carbocycles. The first kappa shape index (κ1) is 6.70. The second-order valence-electron chi connectivity index (χ2n) is 2.26. The molecular formula is C6H12N2Si. The second-order valence-corrected chi connectivity index (χ2v) is 3.89. The van der Waals surface area contributed by atoms with Crippen LogP contribution in [0.5, 0.6) is 0 Å². The first-order valence-corrected chi connectivity index (χ1v) is 4.73. The van der Waals surface area contributed by atoms with Crippen molar-refractivity contribution >= 4 is 14.9 Å². The molecule has 0 saturated heterocycles. The number of nitrogens with zero attached hydrogens (tertiary/aromatic N) is 1. The molecule has 0 amide bonds. The Bertz CT molecular complexity index is 160. The first-order chi connectivity index (χ1) is 4.33. The Labute approximate surface area is 57.9 Å². The zero-order valence-corrected chi connectivity index (χ0v) is 7.35. The fraction of sp³-hybridized carbons (Fsp3) is 0.500. The van der Waals surface area contributed by atoms with E-state index in [1.54, 1.807) is 0 Å². The van der Waals surface area contributed by atoms with E-state index < -0.39 is 0 Å². The SMILES string of the molecule is CNCC1=NC(C)=C[SiH2]1. The lowest BCUT2D eigenvalue weighted by Gasteiger charge is -1.94. The van der Waals surface area contributed by atoms with Gasteiger partial charge < -0.3 is 5.32 Å². The van der Waals surface area contributed by atoms with Gasteiger partial charge in [0, 0.05) is 17.6 Å². The van der Waals surface area contributed by atoms with Crippen molar-refractivity contribution in [3.63, 3.8) is 0 Å². The number of rotatable bonds is 2. The zero-order chi connectivity index (χ0) is 6.69. The number of hydrogen-bond acceptors (Lipinski definition) is 2. The third-order valence-corrected chi connectivity index (χ3v) is 3.02. The largest absolute Gasteiger partial charge is 0.315 e. The minimum Gasteiger partial charge on any atom is -0.315 e. The minimum atomic E-state index is -0.0758. The van der Waals surface area contributed by atoms with E-state index in [0.717, 1.165) is 6.54 Å². The van der Waals surface area contributed by atoms with Gasteiger partial charge in [0.1, 0.15) is 9.52 Å². The van der Waals surface area contributed by atoms with Crippen molar-refractivity contribution in [3.05, 3.63) is 11.4 Å². The fourth-order valence-electron chi connectivity index (χ4n) is 0.922. The van der Waals surface area contributed by atoms with Crippen molar-refractivity contribution in [2.45, 2.75) is 6.92 Å². The molecule has 0 atom stereocenters. The maximum Gasteiger partial charge on any atom is 0.100 e. The molecule has 3 heteroatoms. The highest BCUT2D eigenvalue weighted by Gasteiger charge is 2.02. The fourth-order valence-corrected chi connectivity index (χ4v) is 2.28. The molecule has 0 bridgehead atoms. The quantitative estimate of drug-likeness (QED) is 0.521. The van der Waals surface area contributed by atoms with Gasteiger partial charge in [-0.25, -0.2) is 0 Å². The molecule has 2 nitrogen and oxygen atoms in total. The summed E-state index contributed by atoms with van der Waals surface area (Å²) in [6.45, 7) is 3.05. The Kier molecular flexibility index (Phi) is 2.19. The molecule has 0 radical (unpaired) electrons. The Morgan fingerprint density at radius 1 is 1.78 bits per heavy atom. The molecule has 0 aromatic carbocycles. The highest BCUT2D eigenvalue weighted by Crippen LogP contribution is 2.00. The van der Waals surface area contributed by atoms with Crippen molar-refractivity contribution in [3.8, 4) is 0 Å². The van der Waals surface area contributed by atoms with Crippen LogP contribution in [0.3, 0.4) is 0 Å². The highest BCUT2D eigenvalue weighted by atomic mass is 28.2. The van der Waals surface area contributed by atoms with Crippen LogP contribution in [0.1, 0.15) is 6.92 Å². The summed E-state index contributed by atoms with van der Waals surface area (Å²) in [7, 11) is 1.89. The van der Waals surface area contributed by atoms with E-state index in [-0.39, 0.29) is 9.52 Å². The molecule has 0 saturated carbocycles. The lowest BCUT2D eigenvalue weighted by molar-refractivity contribution is 0.952. The maximum atomic E-state index is 4.36. The summed E-state index contributed by atoms with van der Waals surface area (Å²) in [4.78, 5) is 4.36. The summed E-state index contributed by atoms with van der Waals surface area (Å²) in [6.07, 6.45) is 0. The van der Waals surface area contributed by atoms with E-state index in [4.69, 9.17) is 0 Å². The normalized spacial score (nSPS) is 20.2. The van der Waals surface area contributed by atoms with Gasteiger partial charge in [0.25, 0.3) is 0 Å². The maximum absolute atomic E-state index is 4.36. The van der Waals surface area contributed by atoms with Crippen LogP contribution in [-0.2, 0) is 0 Å². The van der Waals surface area contributed by atoms with Crippen molar-refractivity contribution in [1.82, 2.24) is 5.32 Å². The van der Waals surface area contributed by atoms with Gasteiger partial charge in [0.15, 0.2) is 0 Å². The van der Waals surface area contributed by atoms with Crippen LogP contribution >= 0.6 is 0 Å². The molecule has 1 aliphatic heterocycles. The molecule has 1 aliphatic rings. The third-order valence-electron chi connectivity index (χ3n) is 1.35. The Balaban J connectivity index is 2.41. The van der Waals surface area contributed by atoms with E-state index in [1.165, 1.54) is 11.0 Å². The van der Waals surface area contributed by atoms with Crippen molar-refractivity contribution in [2.24, 2.45) is 4.99 Å². The van der Waals surface area contributed by atoms with Gasteiger partial charge in [-0.15, -0.1) is 0 Å². The summed E-state index contributed by atoms with van der Waals surface area (Å²) in [5.74, 6) is 0. The molecule has 9 heavy (non-hydrogen) atoms. The summed E-state index contributed by atoms with van der Waals surface area (Å²) >= 11 is 0. The summed E-state index contributed by atoms with van der Waals surface area (Å²) < 4.78 is 0. The van der Waals surface area contributed by atoms with Gasteiger partial charge in [-0.05, 0) is 14.0 Å². The molecule has 0 unspecified atom stereocenters. The number of aliphatic imine (C=N–C) groups is 1. The molecule has 1 heterocycles. The van der Waals surface area contributed by atoms with Gasteiger partial charge >= 0.3 is 0 Å². The van der Waals surface area contributed by atoms with E-state index in [0.29, 0.717) is 0 Å². The van der Waals surface area contributed by atoms with E-state index in [1.807, 2.05) is 7.05 Å². The molecule has 0 aromatic rings. The second kappa shape index (κ2) is 2.94. The summed E-state index contributed by atoms with van der Waals surface area (Å²) in [5.41, 5.74) is 3.50. The van der Waals surface area contributed by atoms with Crippen LogP contribution in [0, 0.1) is 0 Å². The van der Waals surface area contributed by atoms with Crippen LogP contribution in [0.25, 0.3) is 0 Å². The van der Waals surface area contributed by atoms with Gasteiger partial charge in [-0.2, -0.15) is 0 Å². The van der Waals surface area contributed by atoms with Crippen LogP contribution in [-0.4, -0.2) is 28.4 Å². The monoisotopic (exact) mass is 140 g/mol. The number of nitrogens with one attached hydrogen (secondary N) is 1. The molecule has 0 spiro atoms. The standard InChI is InChI=1S/C6H12N2Si/c1-5-4-9-6(8-5)3-7-2/h4,7H,3,9H2,1-2H3. The van der Waals surface area contributed by atoms with E-state index in [9.17, 15) is 0 Å². The zero-order valence-electron chi connectivity index (χ0n) is 5.94. The Hall–Kier alpha value is -0.413. The molecule has 0 fully saturated rings. The highest BCUT2D eigenvalue weighted by molar-refractivity contribution is 6.80. The molecule has 0 aromatic heterocycles. The summed E-state index contributed by atoms with van der Waals surface area (Å²) in [5, 5.41) is 4.49. The van der Waals surface area contributed by atoms with Crippen LogP contribution < -0.4 is 5.32 Å². The van der Waals surface area contributed by atoms with Gasteiger partial charge in [0.2, 0.25) is 0 Å². The van der Waals surface area contributed by atoms with Gasteiger partial charge in [-0.1, -0.05) is 5.70 Å². The van der Waals surface area contributed by atoms with Crippen molar-refractivity contribution < 1.29 is 0 Å². The third kappa shape index (κ3) is 1.76. The van der Waals surface area contributed by atoms with Crippen LogP contribution in [0.15, 0.2) is 16.4 Å². The predicted octanol–water partition coefficient (Wildman–Crippen LogP) is -0.352. The van der Waals surface area contributed by atoms with Crippen LogP contribution in [0.2, 0.25) is 0 Å². The van der Waals surface area contributed by atoms with Crippen LogP contribution in [0.4, 0.5) is 0 Å². The first-order valence-electron chi connectivity index (χ1n) is 3.20.